The van der Waals surface area contributed by atoms with Gasteiger partial charge in [0.15, 0.2) is 0 Å². The van der Waals surface area contributed by atoms with Crippen LogP contribution < -0.4 is 5.32 Å². The summed E-state index contributed by atoms with van der Waals surface area (Å²) in [4.78, 5) is 2.72. The Hall–Kier alpha value is -1.20. The number of nitrogens with one attached hydrogen (secondary N) is 1. The van der Waals surface area contributed by atoms with Crippen LogP contribution in [0.1, 0.15) is 38.3 Å². The Bertz CT molecular complexity index is 557. The number of likely N-dealkylation sites (tertiary alicyclic amines) is 1. The lowest BCUT2D eigenvalue weighted by atomic mass is 9.83. The van der Waals surface area contributed by atoms with E-state index in [0.717, 1.165) is 36.6 Å². The van der Waals surface area contributed by atoms with Gasteiger partial charge in [0.05, 0.1) is 5.69 Å². The highest BCUT2D eigenvalue weighted by atomic mass is 16.5. The van der Waals surface area contributed by atoms with Crippen molar-refractivity contribution < 1.29 is 4.74 Å². The largest absolute Gasteiger partial charge is 0.381 e. The van der Waals surface area contributed by atoms with Crippen molar-refractivity contribution in [3.05, 3.63) is 17.8 Å². The lowest BCUT2D eigenvalue weighted by molar-refractivity contribution is 0.0539. The minimum atomic E-state index is 0.459. The van der Waals surface area contributed by atoms with Crippen LogP contribution in [-0.2, 0) is 4.74 Å². The van der Waals surface area contributed by atoms with Crippen LogP contribution in [0, 0.1) is 24.2 Å². The highest BCUT2D eigenvalue weighted by Crippen LogP contribution is 2.49. The summed E-state index contributed by atoms with van der Waals surface area (Å²) >= 11 is 0. The minimum Gasteiger partial charge on any atom is -0.381 e. The number of aromatic nitrogens is 2. The van der Waals surface area contributed by atoms with E-state index in [1.54, 1.807) is 0 Å². The van der Waals surface area contributed by atoms with E-state index in [1.807, 2.05) is 13.0 Å². The van der Waals surface area contributed by atoms with Gasteiger partial charge in [-0.2, -0.15) is 5.10 Å². The monoisotopic (exact) mass is 330 g/mol. The van der Waals surface area contributed by atoms with E-state index in [1.165, 1.54) is 45.3 Å². The number of hydrogen-bond donors (Lipinski definition) is 1. The minimum absolute atomic E-state index is 0.459. The maximum atomic E-state index is 5.50. The first-order valence-corrected chi connectivity index (χ1v) is 9.48. The normalized spacial score (nSPS) is 34.4. The van der Waals surface area contributed by atoms with Gasteiger partial charge < -0.3 is 15.0 Å². The molecule has 3 atom stereocenters. The highest BCUT2D eigenvalue weighted by molar-refractivity contribution is 5.35. The molecular weight excluding hydrogens is 300 g/mol. The van der Waals surface area contributed by atoms with Gasteiger partial charge in [0.25, 0.3) is 0 Å². The molecule has 0 radical (unpaired) electrons. The number of aryl methyl sites for hydroxylation is 1. The van der Waals surface area contributed by atoms with Gasteiger partial charge in [-0.3, -0.25) is 0 Å². The van der Waals surface area contributed by atoms with Crippen LogP contribution in [-0.4, -0.2) is 54.0 Å². The summed E-state index contributed by atoms with van der Waals surface area (Å²) in [7, 11) is 0. The number of fused-ring (bicyclic) bond motifs is 1. The molecule has 3 heterocycles. The third kappa shape index (κ3) is 3.42. The number of nitrogens with zero attached hydrogens (tertiary/aromatic N) is 3. The summed E-state index contributed by atoms with van der Waals surface area (Å²) in [6.07, 6.45) is 5.00. The van der Waals surface area contributed by atoms with Crippen molar-refractivity contribution in [3.63, 3.8) is 0 Å². The Kier molecular flexibility index (Phi) is 4.48. The molecule has 1 N–H and O–H groups in total. The molecule has 0 amide bonds. The first-order chi connectivity index (χ1) is 11.6. The fraction of sp³-hybridized carbons (Fsp3) is 0.789. The molecule has 1 unspecified atom stereocenters. The van der Waals surface area contributed by atoms with Gasteiger partial charge in [0.1, 0.15) is 5.82 Å². The molecule has 5 heteroatoms. The van der Waals surface area contributed by atoms with Gasteiger partial charge in [-0.15, -0.1) is 5.10 Å². The first-order valence-electron chi connectivity index (χ1n) is 9.48. The molecule has 0 bridgehead atoms. The van der Waals surface area contributed by atoms with E-state index in [-0.39, 0.29) is 0 Å². The summed E-state index contributed by atoms with van der Waals surface area (Å²) < 4.78 is 5.50. The Morgan fingerprint density at radius 1 is 1.29 bits per heavy atom. The zero-order chi connectivity index (χ0) is 16.6. The zero-order valence-electron chi connectivity index (χ0n) is 15.0. The van der Waals surface area contributed by atoms with Crippen LogP contribution in [0.15, 0.2) is 12.1 Å². The predicted octanol–water partition coefficient (Wildman–Crippen LogP) is 2.72. The van der Waals surface area contributed by atoms with Crippen molar-refractivity contribution in [2.45, 2.75) is 45.6 Å². The summed E-state index contributed by atoms with van der Waals surface area (Å²) in [6.45, 7) is 10.2. The van der Waals surface area contributed by atoms with Crippen LogP contribution in [0.2, 0.25) is 0 Å². The van der Waals surface area contributed by atoms with Crippen molar-refractivity contribution >= 4 is 5.82 Å². The van der Waals surface area contributed by atoms with Gasteiger partial charge in [0, 0.05) is 38.9 Å². The number of hydrogen-bond acceptors (Lipinski definition) is 5. The SMILES string of the molecule is Cc1ccc(N[C@@H]2C[C@H]3CN(CC4CCOCC4)CC3(C)C2)nn1. The molecular formula is C19H30N4O. The molecule has 132 valence electrons. The maximum absolute atomic E-state index is 5.50. The van der Waals surface area contributed by atoms with Gasteiger partial charge in [0.2, 0.25) is 0 Å². The van der Waals surface area contributed by atoms with E-state index >= 15 is 0 Å². The average Bonchev–Trinajstić information content (AvgIpc) is 3.01. The van der Waals surface area contributed by atoms with Gasteiger partial charge >= 0.3 is 0 Å². The van der Waals surface area contributed by atoms with E-state index in [2.05, 4.69) is 33.4 Å². The molecule has 1 saturated carbocycles. The summed E-state index contributed by atoms with van der Waals surface area (Å²) in [5.41, 5.74) is 1.43. The molecule has 24 heavy (non-hydrogen) atoms. The Balaban J connectivity index is 1.31. The number of rotatable bonds is 4. The van der Waals surface area contributed by atoms with Crippen LogP contribution in [0.3, 0.4) is 0 Å². The van der Waals surface area contributed by atoms with Gasteiger partial charge in [-0.25, -0.2) is 0 Å². The molecule has 2 saturated heterocycles. The second kappa shape index (κ2) is 6.60. The molecule has 1 aromatic heterocycles. The molecule has 4 rings (SSSR count). The van der Waals surface area contributed by atoms with E-state index in [4.69, 9.17) is 4.74 Å². The summed E-state index contributed by atoms with van der Waals surface area (Å²) in [5, 5.41) is 12.0. The molecule has 1 aliphatic carbocycles. The van der Waals surface area contributed by atoms with E-state index in [9.17, 15) is 0 Å². The van der Waals surface area contributed by atoms with Crippen molar-refractivity contribution in [2.24, 2.45) is 17.3 Å². The Labute approximate surface area is 145 Å². The summed E-state index contributed by atoms with van der Waals surface area (Å²) in [5.74, 6) is 2.58. The van der Waals surface area contributed by atoms with Crippen molar-refractivity contribution in [1.82, 2.24) is 15.1 Å². The lowest BCUT2D eigenvalue weighted by Gasteiger charge is -2.29. The van der Waals surface area contributed by atoms with E-state index < -0.39 is 0 Å². The standard InChI is InChI=1S/C19H30N4O/c1-14-3-4-18(22-21-14)20-17-9-16-12-23(13-19(16,2)10-17)11-15-5-7-24-8-6-15/h3-4,15-17H,5-13H2,1-2H3,(H,20,22)/t16-,17+,19?/m0/s1. The predicted molar refractivity (Wildman–Crippen MR) is 95.0 cm³/mol. The molecule has 0 spiro atoms. The van der Waals surface area contributed by atoms with Crippen LogP contribution in [0.4, 0.5) is 5.82 Å². The highest BCUT2D eigenvalue weighted by Gasteiger charge is 2.49. The smallest absolute Gasteiger partial charge is 0.148 e. The fourth-order valence-corrected chi connectivity index (χ4v) is 5.04. The Morgan fingerprint density at radius 2 is 2.12 bits per heavy atom. The third-order valence-electron chi connectivity index (χ3n) is 6.34. The van der Waals surface area contributed by atoms with Crippen molar-refractivity contribution in [1.29, 1.82) is 0 Å². The molecule has 0 aromatic carbocycles. The van der Waals surface area contributed by atoms with Gasteiger partial charge in [-0.1, -0.05) is 6.92 Å². The van der Waals surface area contributed by atoms with Crippen LogP contribution >= 0.6 is 0 Å². The van der Waals surface area contributed by atoms with Crippen LogP contribution in [0.5, 0.6) is 0 Å². The topological polar surface area (TPSA) is 50.3 Å². The second-order valence-electron chi connectivity index (χ2n) is 8.44. The van der Waals surface area contributed by atoms with Crippen molar-refractivity contribution in [3.8, 4) is 0 Å². The van der Waals surface area contributed by atoms with E-state index in [0.29, 0.717) is 11.5 Å². The Morgan fingerprint density at radius 3 is 2.83 bits per heavy atom. The molecule has 3 aliphatic rings. The second-order valence-corrected chi connectivity index (χ2v) is 8.44. The lowest BCUT2D eigenvalue weighted by Crippen LogP contribution is -2.33. The molecule has 1 aromatic rings. The average molecular weight is 330 g/mol. The maximum Gasteiger partial charge on any atom is 0.148 e. The molecule has 5 nitrogen and oxygen atoms in total. The molecule has 3 fully saturated rings. The summed E-state index contributed by atoms with van der Waals surface area (Å²) in [6, 6.07) is 4.63. The first kappa shape index (κ1) is 16.3. The number of anilines is 1. The third-order valence-corrected chi connectivity index (χ3v) is 6.34. The number of ether oxygens (including phenoxy) is 1. The molecule has 2 aliphatic heterocycles. The zero-order valence-corrected chi connectivity index (χ0v) is 15.0. The van der Waals surface area contributed by atoms with Gasteiger partial charge in [-0.05, 0) is 62.0 Å². The van der Waals surface area contributed by atoms with Crippen LogP contribution in [0.25, 0.3) is 0 Å². The quantitative estimate of drug-likeness (QED) is 0.920. The van der Waals surface area contributed by atoms with Crippen molar-refractivity contribution in [2.75, 3.05) is 38.2 Å². The fourth-order valence-electron chi connectivity index (χ4n) is 5.04.